The molecule has 2 aromatic carbocycles. The van der Waals surface area contributed by atoms with Crippen molar-refractivity contribution >= 4 is 29.2 Å². The van der Waals surface area contributed by atoms with Crippen LogP contribution in [0.15, 0.2) is 48.5 Å². The molecule has 0 atom stereocenters. The van der Waals surface area contributed by atoms with Gasteiger partial charge < -0.3 is 10.6 Å². The van der Waals surface area contributed by atoms with Crippen LogP contribution in [-0.2, 0) is 11.1 Å². The Morgan fingerprint density at radius 3 is 2.04 bits per heavy atom. The van der Waals surface area contributed by atoms with Crippen LogP contribution < -0.4 is 10.6 Å². The molecule has 0 unspecified atom stereocenters. The van der Waals surface area contributed by atoms with Gasteiger partial charge in [-0.05, 0) is 51.0 Å². The fraction of sp³-hybridized carbons (Fsp3) is 0.316. The van der Waals surface area contributed by atoms with Crippen LogP contribution in [0.1, 0.15) is 38.8 Å². The van der Waals surface area contributed by atoms with Gasteiger partial charge in [0.25, 0.3) is 0 Å². The Morgan fingerprint density at radius 2 is 1.46 bits per heavy atom. The predicted octanol–water partition coefficient (Wildman–Crippen LogP) is 5.46. The second-order valence-corrected chi connectivity index (χ2v) is 7.66. The molecule has 2 amide bonds. The summed E-state index contributed by atoms with van der Waals surface area (Å²) >= 11 is 12.2. The Kier molecular flexibility index (Phi) is 5.46. The van der Waals surface area contributed by atoms with Crippen molar-refractivity contribution in [2.45, 2.75) is 38.8 Å². The van der Waals surface area contributed by atoms with E-state index in [0.29, 0.717) is 10.0 Å². The molecule has 0 radical (unpaired) electrons. The minimum Gasteiger partial charge on any atom is -0.329 e. The van der Waals surface area contributed by atoms with Crippen LogP contribution in [0.5, 0.6) is 0 Å². The molecular formula is C19H22Cl2N2O. The largest absolute Gasteiger partial charge is 0.329 e. The first-order valence-electron chi connectivity index (χ1n) is 7.73. The number of amides is 2. The van der Waals surface area contributed by atoms with Crippen molar-refractivity contribution < 1.29 is 4.79 Å². The minimum atomic E-state index is -0.640. The molecule has 0 aliphatic carbocycles. The molecule has 0 saturated carbocycles. The van der Waals surface area contributed by atoms with Gasteiger partial charge in [0.05, 0.1) is 11.1 Å². The van der Waals surface area contributed by atoms with Gasteiger partial charge >= 0.3 is 6.03 Å². The zero-order valence-corrected chi connectivity index (χ0v) is 15.8. The molecule has 2 N–H and O–H groups in total. The summed E-state index contributed by atoms with van der Waals surface area (Å²) in [5.41, 5.74) is 0.702. The van der Waals surface area contributed by atoms with E-state index >= 15 is 0 Å². The number of hydrogen-bond donors (Lipinski definition) is 2. The maximum Gasteiger partial charge on any atom is 0.316 e. The smallest absolute Gasteiger partial charge is 0.316 e. The summed E-state index contributed by atoms with van der Waals surface area (Å²) in [5, 5.41) is 7.08. The zero-order valence-electron chi connectivity index (χ0n) is 14.3. The Hall–Kier alpha value is -1.71. The highest BCUT2D eigenvalue weighted by Gasteiger charge is 2.29. The number of rotatable bonds is 4. The summed E-state index contributed by atoms with van der Waals surface area (Å²) in [7, 11) is 0. The average Bonchev–Trinajstić information content (AvgIpc) is 2.46. The van der Waals surface area contributed by atoms with Gasteiger partial charge in [0.15, 0.2) is 0 Å². The number of benzene rings is 2. The van der Waals surface area contributed by atoms with E-state index in [2.05, 4.69) is 10.6 Å². The topological polar surface area (TPSA) is 41.1 Å². The second kappa shape index (κ2) is 7.04. The van der Waals surface area contributed by atoms with Crippen molar-refractivity contribution in [3.63, 3.8) is 0 Å². The van der Waals surface area contributed by atoms with Crippen molar-refractivity contribution in [3.05, 3.63) is 69.7 Å². The van der Waals surface area contributed by atoms with E-state index < -0.39 is 11.1 Å². The fourth-order valence-corrected chi connectivity index (χ4v) is 3.23. The molecule has 0 heterocycles. The molecule has 0 spiro atoms. The van der Waals surface area contributed by atoms with Gasteiger partial charge in [-0.1, -0.05) is 59.6 Å². The molecule has 2 aromatic rings. The molecular weight excluding hydrogens is 343 g/mol. The summed E-state index contributed by atoms with van der Waals surface area (Å²) in [4.78, 5) is 12.5. The Labute approximate surface area is 153 Å². The third-order valence-corrected chi connectivity index (χ3v) is 4.50. The van der Waals surface area contributed by atoms with Crippen LogP contribution in [0.4, 0.5) is 4.79 Å². The van der Waals surface area contributed by atoms with E-state index in [0.717, 1.165) is 11.1 Å². The van der Waals surface area contributed by atoms with Crippen LogP contribution >= 0.6 is 23.2 Å². The number of halogens is 2. The number of nitrogens with one attached hydrogen (secondary N) is 2. The predicted molar refractivity (Wildman–Crippen MR) is 101 cm³/mol. The molecule has 2 rings (SSSR count). The van der Waals surface area contributed by atoms with Gasteiger partial charge in [0, 0.05) is 10.0 Å². The molecule has 0 saturated heterocycles. The quantitative estimate of drug-likeness (QED) is 0.742. The molecule has 128 valence electrons. The molecule has 3 nitrogen and oxygen atoms in total. The number of hydrogen-bond acceptors (Lipinski definition) is 1. The summed E-state index contributed by atoms with van der Waals surface area (Å²) in [6, 6.07) is 14.8. The van der Waals surface area contributed by atoms with Crippen LogP contribution in [0, 0.1) is 0 Å². The van der Waals surface area contributed by atoms with E-state index in [-0.39, 0.29) is 6.03 Å². The van der Waals surface area contributed by atoms with E-state index in [1.54, 1.807) is 12.1 Å². The highest BCUT2D eigenvalue weighted by Crippen LogP contribution is 2.30. The molecule has 0 aliphatic rings. The van der Waals surface area contributed by atoms with Crippen molar-refractivity contribution in [2.24, 2.45) is 0 Å². The third kappa shape index (κ3) is 4.43. The Balaban J connectivity index is 2.13. The summed E-state index contributed by atoms with van der Waals surface area (Å²) in [6.45, 7) is 7.72. The maximum atomic E-state index is 12.5. The Bertz CT molecular complexity index is 727. The van der Waals surface area contributed by atoms with E-state index in [4.69, 9.17) is 23.2 Å². The lowest BCUT2D eigenvalue weighted by Crippen LogP contribution is -2.52. The minimum absolute atomic E-state index is 0.264. The zero-order chi connectivity index (χ0) is 18.0. The van der Waals surface area contributed by atoms with Crippen molar-refractivity contribution in [1.82, 2.24) is 10.6 Å². The van der Waals surface area contributed by atoms with Crippen molar-refractivity contribution in [3.8, 4) is 0 Å². The highest BCUT2D eigenvalue weighted by molar-refractivity contribution is 6.35. The van der Waals surface area contributed by atoms with E-state index in [1.165, 1.54) is 0 Å². The molecule has 5 heteroatoms. The molecule has 0 bridgehead atoms. The molecule has 0 fully saturated rings. The second-order valence-electron chi connectivity index (χ2n) is 6.82. The van der Waals surface area contributed by atoms with Gasteiger partial charge in [-0.3, -0.25) is 0 Å². The van der Waals surface area contributed by atoms with Gasteiger partial charge in [0.2, 0.25) is 0 Å². The van der Waals surface area contributed by atoms with E-state index in [9.17, 15) is 4.79 Å². The molecule has 0 aliphatic heterocycles. The first-order chi connectivity index (χ1) is 11.1. The highest BCUT2D eigenvalue weighted by atomic mass is 35.5. The van der Waals surface area contributed by atoms with Gasteiger partial charge in [-0.25, -0.2) is 4.79 Å². The molecule has 0 aromatic heterocycles. The van der Waals surface area contributed by atoms with Crippen LogP contribution in [0.2, 0.25) is 10.0 Å². The fourth-order valence-electron chi connectivity index (χ4n) is 2.59. The normalized spacial score (nSPS) is 11.9. The molecule has 24 heavy (non-hydrogen) atoms. The standard InChI is InChI=1S/C19H22Cl2N2O/c1-18(2,13-8-6-5-7-9-13)22-17(24)23-19(3,4)15-11-10-14(20)12-16(15)21/h5-12H,1-4H3,(H2,22,23,24). The third-order valence-electron chi connectivity index (χ3n) is 3.95. The average molecular weight is 365 g/mol. The Morgan fingerprint density at radius 1 is 0.875 bits per heavy atom. The van der Waals surface area contributed by atoms with Gasteiger partial charge in [-0.2, -0.15) is 0 Å². The number of carbonyl (C=O) groups is 1. The maximum absolute atomic E-state index is 12.5. The lowest BCUT2D eigenvalue weighted by Gasteiger charge is -2.32. The van der Waals surface area contributed by atoms with Crippen LogP contribution in [0.3, 0.4) is 0 Å². The SMILES string of the molecule is CC(C)(NC(=O)NC(C)(C)c1ccc(Cl)cc1Cl)c1ccccc1. The summed E-state index contributed by atoms with van der Waals surface area (Å²) in [6.07, 6.45) is 0. The van der Waals surface area contributed by atoms with Crippen molar-refractivity contribution in [1.29, 1.82) is 0 Å². The lowest BCUT2D eigenvalue weighted by molar-refractivity contribution is 0.219. The first-order valence-corrected chi connectivity index (χ1v) is 8.49. The van der Waals surface area contributed by atoms with Crippen LogP contribution in [0.25, 0.3) is 0 Å². The summed E-state index contributed by atoms with van der Waals surface area (Å²) in [5.74, 6) is 0. The number of urea groups is 1. The first kappa shape index (κ1) is 18.6. The van der Waals surface area contributed by atoms with Crippen LogP contribution in [-0.4, -0.2) is 6.03 Å². The summed E-state index contributed by atoms with van der Waals surface area (Å²) < 4.78 is 0. The van der Waals surface area contributed by atoms with Crippen molar-refractivity contribution in [2.75, 3.05) is 0 Å². The van der Waals surface area contributed by atoms with Gasteiger partial charge in [0.1, 0.15) is 0 Å². The monoisotopic (exact) mass is 364 g/mol. The van der Waals surface area contributed by atoms with Gasteiger partial charge in [-0.15, -0.1) is 0 Å². The lowest BCUT2D eigenvalue weighted by atomic mass is 9.93. The number of carbonyl (C=O) groups excluding carboxylic acids is 1. The van der Waals surface area contributed by atoms with E-state index in [1.807, 2.05) is 64.1 Å².